The first-order valence-corrected chi connectivity index (χ1v) is 18.5. The summed E-state index contributed by atoms with van der Waals surface area (Å²) < 4.78 is 6.90. The number of ether oxygens (including phenoxy) is 1. The lowest BCUT2D eigenvalue weighted by Crippen LogP contribution is -2.22. The first-order valence-electron chi connectivity index (χ1n) is 17.1. The molecule has 2 nitrogen and oxygen atoms in total. The highest BCUT2D eigenvalue weighted by Gasteiger charge is 2.34. The van der Waals surface area contributed by atoms with Gasteiger partial charge >= 0.3 is 0 Å². The van der Waals surface area contributed by atoms with Crippen LogP contribution in [0.5, 0.6) is 0 Å². The lowest BCUT2D eigenvalue weighted by molar-refractivity contribution is 0.197. The minimum absolute atomic E-state index is 0.152. The van der Waals surface area contributed by atoms with Crippen molar-refractivity contribution in [2.75, 3.05) is 0 Å². The molecule has 0 fully saturated rings. The van der Waals surface area contributed by atoms with Crippen LogP contribution in [0.25, 0.3) is 32.7 Å². The quantitative estimate of drug-likeness (QED) is 0.156. The highest BCUT2D eigenvalue weighted by atomic mass is 31.1. The third-order valence-corrected chi connectivity index (χ3v) is 12.1. The van der Waals surface area contributed by atoms with Crippen LogP contribution in [-0.2, 0) is 4.74 Å². The molecule has 3 heteroatoms. The Bertz CT molecular complexity index is 2420. The molecule has 0 aliphatic carbocycles. The zero-order chi connectivity index (χ0) is 33.3. The first-order chi connectivity index (χ1) is 24.8. The van der Waals surface area contributed by atoms with E-state index in [1.54, 1.807) is 0 Å². The van der Waals surface area contributed by atoms with Gasteiger partial charge in [0.25, 0.3) is 0 Å². The smallest absolute Gasteiger partial charge is 0.217 e. The van der Waals surface area contributed by atoms with Gasteiger partial charge in [0, 0.05) is 5.56 Å². The molecule has 238 valence electrons. The van der Waals surface area contributed by atoms with Crippen LogP contribution in [0.15, 0.2) is 199 Å². The van der Waals surface area contributed by atoms with Gasteiger partial charge < -0.3 is 4.74 Å². The lowest BCUT2D eigenvalue weighted by Gasteiger charge is -2.25. The van der Waals surface area contributed by atoms with Crippen molar-refractivity contribution in [3.05, 3.63) is 211 Å². The Hall–Kier alpha value is -5.82. The molecule has 0 spiro atoms. The first kappa shape index (κ1) is 30.3. The molecule has 0 bridgehead atoms. The van der Waals surface area contributed by atoms with Crippen molar-refractivity contribution in [1.29, 1.82) is 0 Å². The Morgan fingerprint density at radius 3 is 1.66 bits per heavy atom. The van der Waals surface area contributed by atoms with E-state index in [9.17, 15) is 0 Å². The van der Waals surface area contributed by atoms with Gasteiger partial charge in [-0.2, -0.15) is 0 Å². The standard InChI is InChI=1S/C47H34NOP/c1-5-18-34(19-6-1)45-46(35-20-7-2-8-21-35)49-47(48-45)37-31-36-22-14-15-27-40(36)42(32-37)44-41-28-16-13-17-33(41)29-30-43(44)50(38-23-9-3-10-24-38)39-25-11-4-12-26-39/h1-32,45-46H/t45-,46+/m1/s1. The summed E-state index contributed by atoms with van der Waals surface area (Å²) in [7, 11) is -0.875. The molecule has 0 saturated carbocycles. The van der Waals surface area contributed by atoms with Crippen molar-refractivity contribution in [3.63, 3.8) is 0 Å². The lowest BCUT2D eigenvalue weighted by atomic mass is 9.92. The van der Waals surface area contributed by atoms with Crippen molar-refractivity contribution < 1.29 is 4.74 Å². The van der Waals surface area contributed by atoms with E-state index in [2.05, 4.69) is 194 Å². The monoisotopic (exact) mass is 659 g/mol. The summed E-state index contributed by atoms with van der Waals surface area (Å²) in [6.45, 7) is 0. The maximum Gasteiger partial charge on any atom is 0.217 e. The second-order valence-corrected chi connectivity index (χ2v) is 14.9. The van der Waals surface area contributed by atoms with Gasteiger partial charge in [-0.05, 0) is 79.8 Å². The second kappa shape index (κ2) is 13.2. The van der Waals surface area contributed by atoms with Crippen molar-refractivity contribution in [3.8, 4) is 11.1 Å². The number of rotatable bonds is 7. The van der Waals surface area contributed by atoms with E-state index in [-0.39, 0.29) is 12.1 Å². The van der Waals surface area contributed by atoms with Gasteiger partial charge in [-0.3, -0.25) is 0 Å². The van der Waals surface area contributed by atoms with E-state index in [0.717, 1.165) is 22.1 Å². The van der Waals surface area contributed by atoms with E-state index < -0.39 is 7.92 Å². The van der Waals surface area contributed by atoms with Gasteiger partial charge in [-0.25, -0.2) is 4.99 Å². The number of fused-ring (bicyclic) bond motifs is 2. The summed E-state index contributed by atoms with van der Waals surface area (Å²) in [6, 6.07) is 69.6. The normalized spacial score (nSPS) is 15.7. The van der Waals surface area contributed by atoms with E-state index in [4.69, 9.17) is 9.73 Å². The van der Waals surface area contributed by atoms with E-state index in [1.165, 1.54) is 43.2 Å². The average Bonchev–Trinajstić information content (AvgIpc) is 3.65. The molecular weight excluding hydrogens is 625 g/mol. The molecule has 0 aromatic heterocycles. The molecular formula is C47H34NOP. The van der Waals surface area contributed by atoms with Crippen molar-refractivity contribution >= 4 is 51.3 Å². The van der Waals surface area contributed by atoms with Crippen LogP contribution in [0, 0.1) is 0 Å². The highest BCUT2D eigenvalue weighted by molar-refractivity contribution is 7.80. The third-order valence-electron chi connectivity index (χ3n) is 9.61. The molecule has 8 aromatic rings. The Morgan fingerprint density at radius 1 is 0.460 bits per heavy atom. The molecule has 9 rings (SSSR count). The Morgan fingerprint density at radius 2 is 1.00 bits per heavy atom. The van der Waals surface area contributed by atoms with Gasteiger partial charge in [-0.1, -0.05) is 182 Å². The van der Waals surface area contributed by atoms with Gasteiger partial charge in [0.15, 0.2) is 6.10 Å². The maximum atomic E-state index is 6.90. The third kappa shape index (κ3) is 5.58. The fourth-order valence-electron chi connectivity index (χ4n) is 7.30. The summed E-state index contributed by atoms with van der Waals surface area (Å²) in [5.74, 6) is 0.676. The average molecular weight is 660 g/mol. The molecule has 1 aliphatic rings. The van der Waals surface area contributed by atoms with Crippen LogP contribution in [-0.4, -0.2) is 5.90 Å². The van der Waals surface area contributed by atoms with E-state index in [1.807, 2.05) is 0 Å². The van der Waals surface area contributed by atoms with Gasteiger partial charge in [0.05, 0.1) is 0 Å². The number of nitrogens with zero attached hydrogens (tertiary/aromatic N) is 1. The van der Waals surface area contributed by atoms with Crippen LogP contribution in [0.1, 0.15) is 28.8 Å². The van der Waals surface area contributed by atoms with Gasteiger partial charge in [0.2, 0.25) is 5.90 Å². The minimum atomic E-state index is -0.875. The van der Waals surface area contributed by atoms with Crippen LogP contribution < -0.4 is 15.9 Å². The minimum Gasteiger partial charge on any atom is -0.467 e. The van der Waals surface area contributed by atoms with Crippen LogP contribution >= 0.6 is 7.92 Å². The van der Waals surface area contributed by atoms with Crippen molar-refractivity contribution in [2.45, 2.75) is 12.1 Å². The van der Waals surface area contributed by atoms with Crippen LogP contribution in [0.2, 0.25) is 0 Å². The zero-order valence-electron chi connectivity index (χ0n) is 27.4. The molecule has 50 heavy (non-hydrogen) atoms. The fourth-order valence-corrected chi connectivity index (χ4v) is 9.78. The molecule has 0 unspecified atom stereocenters. The number of hydrogen-bond acceptors (Lipinski definition) is 2. The molecule has 0 radical (unpaired) electrons. The van der Waals surface area contributed by atoms with Crippen LogP contribution in [0.3, 0.4) is 0 Å². The predicted molar refractivity (Wildman–Crippen MR) is 212 cm³/mol. The summed E-state index contributed by atoms with van der Waals surface area (Å²) in [5, 5.41) is 8.81. The Kier molecular flexibility index (Phi) is 8.01. The summed E-state index contributed by atoms with van der Waals surface area (Å²) in [4.78, 5) is 5.34. The molecule has 8 aromatic carbocycles. The fraction of sp³-hybridized carbons (Fsp3) is 0.0426. The zero-order valence-corrected chi connectivity index (χ0v) is 28.3. The van der Waals surface area contributed by atoms with E-state index in [0.29, 0.717) is 5.90 Å². The van der Waals surface area contributed by atoms with Crippen molar-refractivity contribution in [1.82, 2.24) is 0 Å². The van der Waals surface area contributed by atoms with Crippen LogP contribution in [0.4, 0.5) is 0 Å². The molecule has 0 amide bonds. The van der Waals surface area contributed by atoms with Gasteiger partial charge in [-0.15, -0.1) is 0 Å². The molecule has 0 N–H and O–H groups in total. The Labute approximate surface area is 294 Å². The largest absolute Gasteiger partial charge is 0.467 e. The molecule has 0 saturated heterocycles. The second-order valence-electron chi connectivity index (χ2n) is 12.7. The number of hydrogen-bond donors (Lipinski definition) is 0. The number of benzene rings is 8. The van der Waals surface area contributed by atoms with Crippen molar-refractivity contribution in [2.24, 2.45) is 4.99 Å². The SMILES string of the molecule is c1ccc([C@H]2N=C(c3cc(-c4c(P(c5ccccc5)c5ccccc5)ccc5ccccc45)c4ccccc4c3)O[C@H]2c2ccccc2)cc1. The maximum absolute atomic E-state index is 6.90. The van der Waals surface area contributed by atoms with Gasteiger partial charge in [0.1, 0.15) is 6.04 Å². The predicted octanol–water partition coefficient (Wildman–Crippen LogP) is 10.7. The summed E-state index contributed by atoms with van der Waals surface area (Å²) in [6.07, 6.45) is -0.222. The molecule has 1 heterocycles. The summed E-state index contributed by atoms with van der Waals surface area (Å²) in [5.41, 5.74) is 5.70. The highest BCUT2D eigenvalue weighted by Crippen LogP contribution is 2.45. The molecule has 2 atom stereocenters. The summed E-state index contributed by atoms with van der Waals surface area (Å²) >= 11 is 0. The molecule has 1 aliphatic heterocycles. The number of aliphatic imine (C=N–C) groups is 1. The Balaban J connectivity index is 1.29. The van der Waals surface area contributed by atoms with E-state index >= 15 is 0 Å². The topological polar surface area (TPSA) is 21.6 Å².